The molecule has 1 aromatic heterocycles. The van der Waals surface area contributed by atoms with Gasteiger partial charge in [-0.2, -0.15) is 5.10 Å². The second kappa shape index (κ2) is 9.96. The highest BCUT2D eigenvalue weighted by Crippen LogP contribution is 2.09. The molecule has 0 N–H and O–H groups in total. The lowest BCUT2D eigenvalue weighted by Gasteiger charge is -2.02. The van der Waals surface area contributed by atoms with Crippen LogP contribution in [0.5, 0.6) is 0 Å². The minimum atomic E-state index is 0.948. The van der Waals surface area contributed by atoms with Crippen LogP contribution in [0.4, 0.5) is 0 Å². The Balaban J connectivity index is 1.77. The van der Waals surface area contributed by atoms with Gasteiger partial charge in [0.15, 0.2) is 0 Å². The van der Waals surface area contributed by atoms with Gasteiger partial charge in [-0.15, -0.1) is 12.3 Å². The van der Waals surface area contributed by atoms with E-state index in [4.69, 9.17) is 6.42 Å². The first kappa shape index (κ1) is 13.8. The topological polar surface area (TPSA) is 17.8 Å². The lowest BCUT2D eigenvalue weighted by molar-refractivity contribution is 0.519. The number of nitrogens with zero attached hydrogens (tertiary/aromatic N) is 2. The molecule has 0 unspecified atom stereocenters. The second-order valence-corrected chi connectivity index (χ2v) is 4.55. The van der Waals surface area contributed by atoms with Crippen molar-refractivity contribution in [1.29, 1.82) is 0 Å². The minimum Gasteiger partial charge on any atom is -0.273 e. The van der Waals surface area contributed by atoms with Gasteiger partial charge < -0.3 is 0 Å². The Morgan fingerprint density at radius 2 is 1.59 bits per heavy atom. The highest BCUT2D eigenvalue weighted by atomic mass is 15.3. The molecule has 2 nitrogen and oxygen atoms in total. The van der Waals surface area contributed by atoms with Gasteiger partial charge in [-0.3, -0.25) is 4.68 Å². The number of hydrogen-bond donors (Lipinski definition) is 0. The molecule has 0 saturated carbocycles. The molecule has 0 fully saturated rings. The van der Waals surface area contributed by atoms with Crippen molar-refractivity contribution in [2.24, 2.45) is 0 Å². The number of aromatic nitrogens is 2. The number of unbranched alkanes of at least 4 members (excludes halogenated alkanes) is 8. The van der Waals surface area contributed by atoms with Crippen molar-refractivity contribution in [1.82, 2.24) is 9.78 Å². The van der Waals surface area contributed by atoms with Crippen LogP contribution in [0.1, 0.15) is 57.8 Å². The molecule has 0 aliphatic carbocycles. The lowest BCUT2D eigenvalue weighted by atomic mass is 10.1. The van der Waals surface area contributed by atoms with Crippen LogP contribution >= 0.6 is 0 Å². The van der Waals surface area contributed by atoms with Crippen molar-refractivity contribution in [2.45, 2.75) is 64.3 Å². The molecule has 0 spiro atoms. The average molecular weight is 232 g/mol. The SMILES string of the molecule is C#CCCCCCCCCCCn1cccn1. The zero-order valence-corrected chi connectivity index (χ0v) is 10.8. The number of hydrogen-bond acceptors (Lipinski definition) is 1. The standard InChI is InChI=1S/C15H24N2/c1-2-3-4-5-6-7-8-9-10-11-14-17-15-12-13-16-17/h1,12-13,15H,3-11,14H2. The maximum atomic E-state index is 5.21. The second-order valence-electron chi connectivity index (χ2n) is 4.55. The van der Waals surface area contributed by atoms with Gasteiger partial charge in [-0.1, -0.05) is 38.5 Å². The summed E-state index contributed by atoms with van der Waals surface area (Å²) >= 11 is 0. The van der Waals surface area contributed by atoms with Gasteiger partial charge in [-0.25, -0.2) is 0 Å². The Bertz CT molecular complexity index is 295. The fourth-order valence-corrected chi connectivity index (χ4v) is 1.99. The molecule has 2 heteroatoms. The first-order chi connectivity index (χ1) is 8.43. The third kappa shape index (κ3) is 7.63. The van der Waals surface area contributed by atoms with Crippen LogP contribution in [0.2, 0.25) is 0 Å². The van der Waals surface area contributed by atoms with Crippen LogP contribution in [0.3, 0.4) is 0 Å². The Morgan fingerprint density at radius 1 is 0.941 bits per heavy atom. The van der Waals surface area contributed by atoms with Crippen LogP contribution in [-0.2, 0) is 6.54 Å². The first-order valence-corrected chi connectivity index (χ1v) is 6.84. The molecule has 0 atom stereocenters. The number of aryl methyl sites for hydroxylation is 1. The largest absolute Gasteiger partial charge is 0.273 e. The van der Waals surface area contributed by atoms with E-state index in [1.54, 1.807) is 0 Å². The molecule has 0 aliphatic heterocycles. The van der Waals surface area contributed by atoms with Crippen molar-refractivity contribution in [3.8, 4) is 12.3 Å². The molecule has 0 bridgehead atoms. The maximum Gasteiger partial charge on any atom is 0.0489 e. The van der Waals surface area contributed by atoms with E-state index in [1.807, 2.05) is 23.1 Å². The molecule has 0 aliphatic rings. The fraction of sp³-hybridized carbons (Fsp3) is 0.667. The third-order valence-corrected chi connectivity index (χ3v) is 3.02. The molecule has 1 aromatic rings. The molecule has 0 radical (unpaired) electrons. The van der Waals surface area contributed by atoms with E-state index in [0.29, 0.717) is 0 Å². The van der Waals surface area contributed by atoms with Gasteiger partial charge in [0.25, 0.3) is 0 Å². The summed E-state index contributed by atoms with van der Waals surface area (Å²) in [7, 11) is 0. The molecule has 0 amide bonds. The Kier molecular flexibility index (Phi) is 8.10. The Hall–Kier alpha value is -1.23. The van der Waals surface area contributed by atoms with E-state index in [1.165, 1.54) is 51.4 Å². The van der Waals surface area contributed by atoms with E-state index < -0.39 is 0 Å². The molecule has 94 valence electrons. The summed E-state index contributed by atoms with van der Waals surface area (Å²) in [5, 5.41) is 4.19. The molecular formula is C15H24N2. The molecule has 17 heavy (non-hydrogen) atoms. The van der Waals surface area contributed by atoms with Crippen LogP contribution in [0, 0.1) is 12.3 Å². The minimum absolute atomic E-state index is 0.948. The van der Waals surface area contributed by atoms with Gasteiger partial charge in [0.05, 0.1) is 0 Å². The van der Waals surface area contributed by atoms with Crippen molar-refractivity contribution in [2.75, 3.05) is 0 Å². The number of terminal acetylenes is 1. The van der Waals surface area contributed by atoms with Crippen molar-refractivity contribution < 1.29 is 0 Å². The monoisotopic (exact) mass is 232 g/mol. The summed E-state index contributed by atoms with van der Waals surface area (Å²) < 4.78 is 2.01. The van der Waals surface area contributed by atoms with E-state index in [2.05, 4.69) is 11.0 Å². The molecule has 0 aromatic carbocycles. The van der Waals surface area contributed by atoms with Crippen molar-refractivity contribution in [3.63, 3.8) is 0 Å². The smallest absolute Gasteiger partial charge is 0.0489 e. The summed E-state index contributed by atoms with van der Waals surface area (Å²) in [6.07, 6.45) is 20.6. The van der Waals surface area contributed by atoms with Gasteiger partial charge >= 0.3 is 0 Å². The quantitative estimate of drug-likeness (QED) is 0.440. The molecule has 1 rings (SSSR count). The maximum absolute atomic E-state index is 5.21. The van der Waals surface area contributed by atoms with Crippen LogP contribution in [0.25, 0.3) is 0 Å². The highest BCUT2D eigenvalue weighted by Gasteiger charge is 1.93. The summed E-state index contributed by atoms with van der Waals surface area (Å²) in [4.78, 5) is 0. The lowest BCUT2D eigenvalue weighted by Crippen LogP contribution is -1.97. The predicted molar refractivity (Wildman–Crippen MR) is 72.6 cm³/mol. The summed E-state index contributed by atoms with van der Waals surface area (Å²) in [5.74, 6) is 2.69. The van der Waals surface area contributed by atoms with Crippen LogP contribution in [-0.4, -0.2) is 9.78 Å². The zero-order valence-electron chi connectivity index (χ0n) is 10.8. The van der Waals surface area contributed by atoms with E-state index in [0.717, 1.165) is 13.0 Å². The molecule has 0 saturated heterocycles. The highest BCUT2D eigenvalue weighted by molar-refractivity contribution is 4.82. The third-order valence-electron chi connectivity index (χ3n) is 3.02. The zero-order chi connectivity index (χ0) is 12.2. The predicted octanol–water partition coefficient (Wildman–Crippen LogP) is 4.03. The van der Waals surface area contributed by atoms with Gasteiger partial charge in [0, 0.05) is 25.4 Å². The first-order valence-electron chi connectivity index (χ1n) is 6.84. The average Bonchev–Trinajstić information content (AvgIpc) is 2.85. The van der Waals surface area contributed by atoms with Crippen LogP contribution in [0.15, 0.2) is 18.5 Å². The summed E-state index contributed by atoms with van der Waals surface area (Å²) in [6, 6.07) is 1.98. The summed E-state index contributed by atoms with van der Waals surface area (Å²) in [5.41, 5.74) is 0. The van der Waals surface area contributed by atoms with E-state index in [-0.39, 0.29) is 0 Å². The van der Waals surface area contributed by atoms with Crippen LogP contribution < -0.4 is 0 Å². The number of rotatable bonds is 10. The van der Waals surface area contributed by atoms with Crippen molar-refractivity contribution in [3.05, 3.63) is 18.5 Å². The molecule has 1 heterocycles. The summed E-state index contributed by atoms with van der Waals surface area (Å²) in [6.45, 7) is 1.06. The Labute approximate surface area is 105 Å². The van der Waals surface area contributed by atoms with Gasteiger partial charge in [0.1, 0.15) is 0 Å². The normalized spacial score (nSPS) is 10.3. The Morgan fingerprint density at radius 3 is 2.18 bits per heavy atom. The molecular weight excluding hydrogens is 208 g/mol. The van der Waals surface area contributed by atoms with Gasteiger partial charge in [-0.05, 0) is 18.9 Å². The fourth-order valence-electron chi connectivity index (χ4n) is 1.99. The van der Waals surface area contributed by atoms with E-state index >= 15 is 0 Å². The van der Waals surface area contributed by atoms with Gasteiger partial charge in [0.2, 0.25) is 0 Å². The van der Waals surface area contributed by atoms with E-state index in [9.17, 15) is 0 Å². The van der Waals surface area contributed by atoms with Crippen molar-refractivity contribution >= 4 is 0 Å².